The van der Waals surface area contributed by atoms with E-state index < -0.39 is 10.0 Å². The lowest BCUT2D eigenvalue weighted by Crippen LogP contribution is -2.44. The highest BCUT2D eigenvalue weighted by molar-refractivity contribution is 7.89. The lowest BCUT2D eigenvalue weighted by atomic mass is 9.96. The van der Waals surface area contributed by atoms with Crippen molar-refractivity contribution in [3.8, 4) is 0 Å². The number of hydrogen-bond donors (Lipinski definition) is 0. The first-order chi connectivity index (χ1) is 12.0. The summed E-state index contributed by atoms with van der Waals surface area (Å²) in [7, 11) is -3.17. The highest BCUT2D eigenvalue weighted by Gasteiger charge is 2.33. The number of thiazole rings is 1. The highest BCUT2D eigenvalue weighted by atomic mass is 32.2. The van der Waals surface area contributed by atoms with Gasteiger partial charge in [-0.05, 0) is 38.8 Å². The maximum Gasteiger partial charge on any atom is 0.231 e. The van der Waals surface area contributed by atoms with Gasteiger partial charge in [-0.25, -0.2) is 17.7 Å². The van der Waals surface area contributed by atoms with Gasteiger partial charge >= 0.3 is 0 Å². The van der Waals surface area contributed by atoms with Crippen molar-refractivity contribution in [1.82, 2.24) is 9.29 Å². The van der Waals surface area contributed by atoms with Crippen LogP contribution in [0.5, 0.6) is 0 Å². The summed E-state index contributed by atoms with van der Waals surface area (Å²) >= 11 is 1.52. The van der Waals surface area contributed by atoms with Crippen LogP contribution in [0, 0.1) is 5.92 Å². The van der Waals surface area contributed by atoms with Gasteiger partial charge in [-0.3, -0.25) is 9.69 Å². The molecule has 0 unspecified atom stereocenters. The van der Waals surface area contributed by atoms with E-state index in [-0.39, 0.29) is 17.6 Å². The van der Waals surface area contributed by atoms with E-state index in [9.17, 15) is 13.2 Å². The van der Waals surface area contributed by atoms with Crippen LogP contribution in [0.15, 0.2) is 24.3 Å². The zero-order valence-electron chi connectivity index (χ0n) is 14.5. The predicted octanol–water partition coefficient (Wildman–Crippen LogP) is 2.71. The summed E-state index contributed by atoms with van der Waals surface area (Å²) in [6, 6.07) is 7.85. The van der Waals surface area contributed by atoms with Gasteiger partial charge < -0.3 is 0 Å². The Morgan fingerprint density at radius 2 is 1.96 bits per heavy atom. The van der Waals surface area contributed by atoms with Crippen LogP contribution in [-0.4, -0.2) is 49.0 Å². The number of aromatic nitrogens is 1. The number of rotatable bonds is 5. The van der Waals surface area contributed by atoms with Crippen molar-refractivity contribution in [2.75, 3.05) is 30.3 Å². The normalized spacial score (nSPS) is 17.0. The molecule has 1 aliphatic heterocycles. The maximum atomic E-state index is 13.0. The third-order valence-corrected chi connectivity index (χ3v) is 7.60. The predicted molar refractivity (Wildman–Crippen MR) is 101 cm³/mol. The first-order valence-electron chi connectivity index (χ1n) is 8.61. The number of carbonyl (C=O) groups is 1. The highest BCUT2D eigenvalue weighted by Crippen LogP contribution is 2.31. The third kappa shape index (κ3) is 3.70. The van der Waals surface area contributed by atoms with Gasteiger partial charge in [0.15, 0.2) is 5.13 Å². The Hall–Kier alpha value is -1.51. The molecule has 1 saturated heterocycles. The van der Waals surface area contributed by atoms with Crippen LogP contribution >= 0.6 is 11.3 Å². The van der Waals surface area contributed by atoms with Crippen LogP contribution in [0.4, 0.5) is 5.13 Å². The van der Waals surface area contributed by atoms with Gasteiger partial charge in [0.25, 0.3) is 0 Å². The van der Waals surface area contributed by atoms with Crippen molar-refractivity contribution in [2.45, 2.75) is 26.7 Å². The number of benzene rings is 1. The van der Waals surface area contributed by atoms with E-state index in [1.54, 1.807) is 11.8 Å². The Morgan fingerprint density at radius 3 is 2.56 bits per heavy atom. The first kappa shape index (κ1) is 18.3. The molecule has 0 N–H and O–H groups in total. The van der Waals surface area contributed by atoms with Gasteiger partial charge in [-0.1, -0.05) is 23.5 Å². The van der Waals surface area contributed by atoms with Gasteiger partial charge in [0.1, 0.15) is 0 Å². The molecule has 0 bridgehead atoms. The Kier molecular flexibility index (Phi) is 5.41. The van der Waals surface area contributed by atoms with Crippen molar-refractivity contribution in [2.24, 2.45) is 5.92 Å². The fraction of sp³-hybridized carbons (Fsp3) is 0.529. The van der Waals surface area contributed by atoms with Crippen molar-refractivity contribution in [1.29, 1.82) is 0 Å². The van der Waals surface area contributed by atoms with E-state index in [1.807, 2.05) is 31.2 Å². The summed E-state index contributed by atoms with van der Waals surface area (Å²) in [5.41, 5.74) is 0.901. The molecule has 1 aliphatic rings. The topological polar surface area (TPSA) is 70.6 Å². The summed E-state index contributed by atoms with van der Waals surface area (Å²) in [6.45, 7) is 5.00. The van der Waals surface area contributed by atoms with Gasteiger partial charge in [0.2, 0.25) is 15.9 Å². The fourth-order valence-corrected chi connectivity index (χ4v) is 5.31. The Labute approximate surface area is 152 Å². The molecule has 1 aromatic heterocycles. The van der Waals surface area contributed by atoms with Crippen molar-refractivity contribution in [3.05, 3.63) is 24.3 Å². The van der Waals surface area contributed by atoms with E-state index in [0.29, 0.717) is 32.5 Å². The van der Waals surface area contributed by atoms with Crippen LogP contribution < -0.4 is 4.90 Å². The molecule has 2 heterocycles. The Morgan fingerprint density at radius 1 is 1.28 bits per heavy atom. The molecular formula is C17H23N3O3S2. The number of para-hydroxylation sites is 1. The van der Waals surface area contributed by atoms with Gasteiger partial charge in [-0.2, -0.15) is 0 Å². The molecular weight excluding hydrogens is 358 g/mol. The minimum absolute atomic E-state index is 0.0510. The molecule has 0 spiro atoms. The molecule has 0 radical (unpaired) electrons. The van der Waals surface area contributed by atoms with Crippen LogP contribution in [0.3, 0.4) is 0 Å². The molecule has 3 rings (SSSR count). The smallest absolute Gasteiger partial charge is 0.231 e. The SMILES string of the molecule is CCN(C(=O)C1CCN(S(=O)(=O)CC)CC1)c1nc2ccccc2s1. The molecule has 6 nitrogen and oxygen atoms in total. The summed E-state index contributed by atoms with van der Waals surface area (Å²) in [5, 5.41) is 0.720. The number of carbonyl (C=O) groups excluding carboxylic acids is 1. The van der Waals surface area contributed by atoms with Crippen LogP contribution in [0.1, 0.15) is 26.7 Å². The molecule has 0 saturated carbocycles. The van der Waals surface area contributed by atoms with Crippen LogP contribution in [-0.2, 0) is 14.8 Å². The van der Waals surface area contributed by atoms with E-state index in [4.69, 9.17) is 0 Å². The minimum Gasteiger partial charge on any atom is -0.288 e. The molecule has 1 amide bonds. The second kappa shape index (κ2) is 7.39. The number of anilines is 1. The van der Waals surface area contributed by atoms with Crippen molar-refractivity contribution < 1.29 is 13.2 Å². The molecule has 25 heavy (non-hydrogen) atoms. The summed E-state index contributed by atoms with van der Waals surface area (Å²) in [5.74, 6) is 0.0173. The zero-order chi connectivity index (χ0) is 18.0. The zero-order valence-corrected chi connectivity index (χ0v) is 16.1. The van der Waals surface area contributed by atoms with E-state index in [1.165, 1.54) is 15.6 Å². The number of sulfonamides is 1. The number of hydrogen-bond acceptors (Lipinski definition) is 5. The molecule has 136 valence electrons. The van der Waals surface area contributed by atoms with E-state index >= 15 is 0 Å². The maximum absolute atomic E-state index is 13.0. The quantitative estimate of drug-likeness (QED) is 0.798. The molecule has 1 fully saturated rings. The number of fused-ring (bicyclic) bond motifs is 1. The second-order valence-corrected chi connectivity index (χ2v) is 9.39. The molecule has 0 aliphatic carbocycles. The lowest BCUT2D eigenvalue weighted by molar-refractivity contribution is -0.123. The van der Waals surface area contributed by atoms with Crippen LogP contribution in [0.25, 0.3) is 10.2 Å². The van der Waals surface area contributed by atoms with Gasteiger partial charge in [-0.15, -0.1) is 0 Å². The van der Waals surface area contributed by atoms with Gasteiger partial charge in [0.05, 0.1) is 16.0 Å². The summed E-state index contributed by atoms with van der Waals surface area (Å²) < 4.78 is 26.5. The molecule has 0 atom stereocenters. The lowest BCUT2D eigenvalue weighted by Gasteiger charge is -2.32. The third-order valence-electron chi connectivity index (χ3n) is 4.66. The number of amides is 1. The second-order valence-electron chi connectivity index (χ2n) is 6.12. The summed E-state index contributed by atoms with van der Waals surface area (Å²) in [6.07, 6.45) is 1.14. The Bertz CT molecular complexity index is 822. The Balaban J connectivity index is 1.73. The molecule has 2 aromatic rings. The number of piperidine rings is 1. The van der Waals surface area contributed by atoms with Crippen molar-refractivity contribution >= 4 is 42.6 Å². The van der Waals surface area contributed by atoms with Crippen LogP contribution in [0.2, 0.25) is 0 Å². The largest absolute Gasteiger partial charge is 0.288 e. The van der Waals surface area contributed by atoms with E-state index in [2.05, 4.69) is 4.98 Å². The standard InChI is InChI=1S/C17H23N3O3S2/c1-3-20(17-18-14-7-5-6-8-15(14)24-17)16(21)13-9-11-19(12-10-13)25(22,23)4-2/h5-8,13H,3-4,9-12H2,1-2H3. The minimum atomic E-state index is -3.17. The average Bonchev–Trinajstić information content (AvgIpc) is 3.06. The fourth-order valence-electron chi connectivity index (χ4n) is 3.14. The van der Waals surface area contributed by atoms with Gasteiger partial charge in [0, 0.05) is 25.6 Å². The molecule has 8 heteroatoms. The van der Waals surface area contributed by atoms with E-state index in [0.717, 1.165) is 15.3 Å². The molecule has 1 aromatic carbocycles. The monoisotopic (exact) mass is 381 g/mol. The summed E-state index contributed by atoms with van der Waals surface area (Å²) in [4.78, 5) is 19.3. The average molecular weight is 382 g/mol. The number of nitrogens with zero attached hydrogens (tertiary/aromatic N) is 3. The first-order valence-corrected chi connectivity index (χ1v) is 11.0. The van der Waals surface area contributed by atoms with Crippen molar-refractivity contribution in [3.63, 3.8) is 0 Å².